The molecule has 0 spiro atoms. The van der Waals surface area contributed by atoms with Crippen LogP contribution in [-0.4, -0.2) is 24.9 Å². The van der Waals surface area contributed by atoms with E-state index >= 15 is 0 Å². The summed E-state index contributed by atoms with van der Waals surface area (Å²) >= 11 is 0. The average molecular weight is 284 g/mol. The van der Waals surface area contributed by atoms with E-state index < -0.39 is 17.5 Å². The Bertz CT molecular complexity index is 478. The van der Waals surface area contributed by atoms with Crippen LogP contribution in [0.3, 0.4) is 0 Å². The molecule has 0 aliphatic carbocycles. The highest BCUT2D eigenvalue weighted by molar-refractivity contribution is 5.94. The number of hydrogen-bond donors (Lipinski definition) is 2. The second-order valence-corrected chi connectivity index (χ2v) is 4.33. The van der Waals surface area contributed by atoms with E-state index in [2.05, 4.69) is 10.6 Å². The Labute approximate surface area is 116 Å². The summed E-state index contributed by atoms with van der Waals surface area (Å²) in [7, 11) is 0. The number of amides is 2. The summed E-state index contributed by atoms with van der Waals surface area (Å²) in [5, 5.41) is 5.10. The molecular formula is C14H18F2N2O2. The molecule has 1 aromatic rings. The van der Waals surface area contributed by atoms with Gasteiger partial charge in [0.2, 0.25) is 5.91 Å². The first-order chi connectivity index (χ1) is 9.54. The van der Waals surface area contributed by atoms with Gasteiger partial charge in [0.15, 0.2) is 0 Å². The Morgan fingerprint density at radius 2 is 1.85 bits per heavy atom. The molecule has 6 heteroatoms. The second-order valence-electron chi connectivity index (χ2n) is 4.33. The topological polar surface area (TPSA) is 58.2 Å². The highest BCUT2D eigenvalue weighted by Crippen LogP contribution is 2.08. The van der Waals surface area contributed by atoms with Crippen LogP contribution in [-0.2, 0) is 4.79 Å². The molecule has 4 nitrogen and oxygen atoms in total. The Balaban J connectivity index is 2.31. The molecule has 0 unspecified atom stereocenters. The number of unbranched alkanes of at least 4 members (excludes halogenated alkanes) is 1. The zero-order valence-corrected chi connectivity index (χ0v) is 11.3. The van der Waals surface area contributed by atoms with Crippen LogP contribution in [0.1, 0.15) is 36.5 Å². The maximum absolute atomic E-state index is 13.3. The lowest BCUT2D eigenvalue weighted by molar-refractivity contribution is -0.121. The van der Waals surface area contributed by atoms with Gasteiger partial charge >= 0.3 is 0 Å². The summed E-state index contributed by atoms with van der Waals surface area (Å²) in [5.74, 6) is -2.35. The molecule has 1 rings (SSSR count). The summed E-state index contributed by atoms with van der Waals surface area (Å²) in [4.78, 5) is 22.9. The largest absolute Gasteiger partial charge is 0.354 e. The molecule has 0 radical (unpaired) electrons. The molecule has 0 saturated heterocycles. The zero-order valence-electron chi connectivity index (χ0n) is 11.3. The normalized spacial score (nSPS) is 10.2. The SMILES string of the molecule is CCCCC(=O)NCCNC(=O)c1ccc(F)cc1F. The summed E-state index contributed by atoms with van der Waals surface area (Å²) in [6, 6.07) is 2.76. The Morgan fingerprint density at radius 1 is 1.15 bits per heavy atom. The lowest BCUT2D eigenvalue weighted by atomic mass is 10.2. The van der Waals surface area contributed by atoms with Crippen LogP contribution in [0.2, 0.25) is 0 Å². The fourth-order valence-corrected chi connectivity index (χ4v) is 1.57. The van der Waals surface area contributed by atoms with Crippen LogP contribution in [0, 0.1) is 11.6 Å². The first-order valence-electron chi connectivity index (χ1n) is 6.54. The van der Waals surface area contributed by atoms with E-state index in [1.54, 1.807) is 0 Å². The number of carbonyl (C=O) groups is 2. The third-order valence-electron chi connectivity index (χ3n) is 2.67. The van der Waals surface area contributed by atoms with Crippen molar-refractivity contribution in [2.75, 3.05) is 13.1 Å². The van der Waals surface area contributed by atoms with E-state index in [0.717, 1.165) is 25.0 Å². The summed E-state index contributed by atoms with van der Waals surface area (Å²) < 4.78 is 26.0. The van der Waals surface area contributed by atoms with E-state index in [0.29, 0.717) is 12.5 Å². The van der Waals surface area contributed by atoms with E-state index in [1.165, 1.54) is 0 Å². The molecule has 0 fully saturated rings. The molecule has 110 valence electrons. The van der Waals surface area contributed by atoms with Gasteiger partial charge in [0.05, 0.1) is 5.56 Å². The molecule has 2 N–H and O–H groups in total. The van der Waals surface area contributed by atoms with Crippen molar-refractivity contribution in [1.82, 2.24) is 10.6 Å². The first kappa shape index (κ1) is 16.1. The Morgan fingerprint density at radius 3 is 2.50 bits per heavy atom. The molecule has 0 saturated carbocycles. The van der Waals surface area contributed by atoms with Crippen LogP contribution in [0.4, 0.5) is 8.78 Å². The van der Waals surface area contributed by atoms with Gasteiger partial charge in [-0.25, -0.2) is 8.78 Å². The van der Waals surface area contributed by atoms with Crippen molar-refractivity contribution in [2.24, 2.45) is 0 Å². The Kier molecular flexibility index (Phi) is 6.63. The number of rotatable bonds is 7. The summed E-state index contributed by atoms with van der Waals surface area (Å²) in [6.45, 7) is 2.45. The van der Waals surface area contributed by atoms with Gasteiger partial charge in [-0.3, -0.25) is 9.59 Å². The maximum Gasteiger partial charge on any atom is 0.254 e. The quantitative estimate of drug-likeness (QED) is 0.752. The third-order valence-corrected chi connectivity index (χ3v) is 2.67. The predicted octanol–water partition coefficient (Wildman–Crippen LogP) is 2.00. The number of benzene rings is 1. The smallest absolute Gasteiger partial charge is 0.254 e. The lowest BCUT2D eigenvalue weighted by Crippen LogP contribution is -2.34. The van der Waals surface area contributed by atoms with Crippen molar-refractivity contribution in [2.45, 2.75) is 26.2 Å². The van der Waals surface area contributed by atoms with Crippen molar-refractivity contribution in [3.8, 4) is 0 Å². The molecule has 0 aliphatic rings. The summed E-state index contributed by atoms with van der Waals surface area (Å²) in [5.41, 5.74) is -0.219. The van der Waals surface area contributed by atoms with Crippen molar-refractivity contribution in [3.63, 3.8) is 0 Å². The number of carbonyl (C=O) groups excluding carboxylic acids is 2. The first-order valence-corrected chi connectivity index (χ1v) is 6.54. The fourth-order valence-electron chi connectivity index (χ4n) is 1.57. The fraction of sp³-hybridized carbons (Fsp3) is 0.429. The zero-order chi connectivity index (χ0) is 15.0. The van der Waals surface area contributed by atoms with Crippen molar-refractivity contribution < 1.29 is 18.4 Å². The van der Waals surface area contributed by atoms with Gasteiger partial charge in [-0.2, -0.15) is 0 Å². The van der Waals surface area contributed by atoms with E-state index in [1.807, 2.05) is 6.92 Å². The predicted molar refractivity (Wildman–Crippen MR) is 71.2 cm³/mol. The van der Waals surface area contributed by atoms with Gasteiger partial charge in [-0.05, 0) is 18.6 Å². The van der Waals surface area contributed by atoms with Crippen LogP contribution >= 0.6 is 0 Å². The molecular weight excluding hydrogens is 266 g/mol. The molecule has 2 amide bonds. The van der Waals surface area contributed by atoms with E-state index in [4.69, 9.17) is 0 Å². The monoisotopic (exact) mass is 284 g/mol. The van der Waals surface area contributed by atoms with Gasteiger partial charge in [0.25, 0.3) is 5.91 Å². The molecule has 20 heavy (non-hydrogen) atoms. The van der Waals surface area contributed by atoms with Gasteiger partial charge in [-0.15, -0.1) is 0 Å². The Hall–Kier alpha value is -1.98. The molecule has 0 aliphatic heterocycles. The van der Waals surface area contributed by atoms with Gasteiger partial charge in [0.1, 0.15) is 11.6 Å². The van der Waals surface area contributed by atoms with Crippen LogP contribution in [0.25, 0.3) is 0 Å². The van der Waals surface area contributed by atoms with Gasteiger partial charge in [0, 0.05) is 25.6 Å². The average Bonchev–Trinajstić information content (AvgIpc) is 2.41. The number of nitrogens with one attached hydrogen (secondary N) is 2. The van der Waals surface area contributed by atoms with Crippen LogP contribution in [0.5, 0.6) is 0 Å². The molecule has 0 bridgehead atoms. The maximum atomic E-state index is 13.3. The highest BCUT2D eigenvalue weighted by atomic mass is 19.1. The number of hydrogen-bond acceptors (Lipinski definition) is 2. The summed E-state index contributed by atoms with van der Waals surface area (Å²) in [6.07, 6.45) is 2.21. The lowest BCUT2D eigenvalue weighted by Gasteiger charge is -2.07. The van der Waals surface area contributed by atoms with E-state index in [9.17, 15) is 18.4 Å². The standard InChI is InChI=1S/C14H18F2N2O2/c1-2-3-4-13(19)17-7-8-18-14(20)11-6-5-10(15)9-12(11)16/h5-6,9H,2-4,7-8H2,1H3,(H,17,19)(H,18,20). The minimum absolute atomic E-state index is 0.0749. The minimum atomic E-state index is -0.908. The second kappa shape index (κ2) is 8.24. The molecule has 0 atom stereocenters. The van der Waals surface area contributed by atoms with Gasteiger partial charge in [-0.1, -0.05) is 13.3 Å². The third kappa shape index (κ3) is 5.34. The molecule has 0 heterocycles. The van der Waals surface area contributed by atoms with Crippen LogP contribution in [0.15, 0.2) is 18.2 Å². The number of halogens is 2. The highest BCUT2D eigenvalue weighted by Gasteiger charge is 2.11. The van der Waals surface area contributed by atoms with Gasteiger partial charge < -0.3 is 10.6 Å². The van der Waals surface area contributed by atoms with Crippen molar-refractivity contribution in [3.05, 3.63) is 35.4 Å². The molecule has 0 aromatic heterocycles. The molecule has 1 aromatic carbocycles. The van der Waals surface area contributed by atoms with Crippen molar-refractivity contribution in [1.29, 1.82) is 0 Å². The van der Waals surface area contributed by atoms with E-state index in [-0.39, 0.29) is 24.6 Å². The van der Waals surface area contributed by atoms with Crippen LogP contribution < -0.4 is 10.6 Å². The minimum Gasteiger partial charge on any atom is -0.354 e. The van der Waals surface area contributed by atoms with Crippen molar-refractivity contribution >= 4 is 11.8 Å².